The highest BCUT2D eigenvalue weighted by molar-refractivity contribution is 7.99. The molecule has 28 heavy (non-hydrogen) atoms. The van der Waals surface area contributed by atoms with Gasteiger partial charge >= 0.3 is 0 Å². The van der Waals surface area contributed by atoms with Crippen LogP contribution in [0, 0.1) is 10.1 Å². The van der Waals surface area contributed by atoms with Gasteiger partial charge in [0.1, 0.15) is 4.83 Å². The van der Waals surface area contributed by atoms with E-state index in [4.69, 9.17) is 4.98 Å². The molecule has 2 aromatic heterocycles. The summed E-state index contributed by atoms with van der Waals surface area (Å²) >= 11 is 2.83. The molecule has 0 radical (unpaired) electrons. The molecule has 0 N–H and O–H groups in total. The SMILES string of the molecule is C[C@H](Sc1nc2sccc2c(=O)n1-c1ccccc1)c1cccc([N+](=O)[O-])c1. The van der Waals surface area contributed by atoms with Crippen molar-refractivity contribution < 1.29 is 4.92 Å². The maximum Gasteiger partial charge on any atom is 0.269 e. The first-order valence-electron chi connectivity index (χ1n) is 8.51. The van der Waals surface area contributed by atoms with Gasteiger partial charge in [0.25, 0.3) is 11.2 Å². The van der Waals surface area contributed by atoms with E-state index in [-0.39, 0.29) is 16.5 Å². The van der Waals surface area contributed by atoms with E-state index in [1.54, 1.807) is 22.8 Å². The van der Waals surface area contributed by atoms with Crippen molar-refractivity contribution in [2.75, 3.05) is 0 Å². The number of nitrogens with zero attached hydrogens (tertiary/aromatic N) is 3. The van der Waals surface area contributed by atoms with Crippen LogP contribution in [0.2, 0.25) is 0 Å². The van der Waals surface area contributed by atoms with Crippen molar-refractivity contribution in [1.82, 2.24) is 9.55 Å². The van der Waals surface area contributed by atoms with Crippen molar-refractivity contribution in [2.45, 2.75) is 17.3 Å². The molecule has 1 atom stereocenters. The second-order valence-corrected chi connectivity index (χ2v) is 8.32. The van der Waals surface area contributed by atoms with Crippen LogP contribution in [0.3, 0.4) is 0 Å². The monoisotopic (exact) mass is 409 g/mol. The van der Waals surface area contributed by atoms with Crippen LogP contribution in [0.25, 0.3) is 15.9 Å². The molecule has 6 nitrogen and oxygen atoms in total. The molecular formula is C20H15N3O3S2. The lowest BCUT2D eigenvalue weighted by atomic mass is 10.1. The molecule has 4 aromatic rings. The van der Waals surface area contributed by atoms with Crippen LogP contribution in [0.15, 0.2) is 76.0 Å². The zero-order valence-corrected chi connectivity index (χ0v) is 16.4. The standard InChI is InChI=1S/C20H15N3O3S2/c1-13(14-6-5-9-16(12-14)23(25)26)28-20-21-18-17(10-11-27-18)19(24)22(20)15-7-3-2-4-8-15/h2-13H,1H3/t13-/m0/s1. The summed E-state index contributed by atoms with van der Waals surface area (Å²) in [5, 5.41) is 14.0. The molecule has 0 aliphatic carbocycles. The van der Waals surface area contributed by atoms with E-state index in [2.05, 4.69) is 0 Å². The summed E-state index contributed by atoms with van der Waals surface area (Å²) in [6.45, 7) is 1.95. The Morgan fingerprint density at radius 1 is 1.14 bits per heavy atom. The van der Waals surface area contributed by atoms with Gasteiger partial charge < -0.3 is 0 Å². The highest BCUT2D eigenvalue weighted by Crippen LogP contribution is 2.36. The van der Waals surface area contributed by atoms with Crippen LogP contribution in [0.5, 0.6) is 0 Å². The van der Waals surface area contributed by atoms with Gasteiger partial charge in [0.2, 0.25) is 0 Å². The molecule has 0 bridgehead atoms. The second-order valence-electron chi connectivity index (χ2n) is 6.12. The summed E-state index contributed by atoms with van der Waals surface area (Å²) in [6, 6.07) is 17.7. The number of para-hydroxylation sites is 1. The average molecular weight is 409 g/mol. The molecule has 8 heteroatoms. The van der Waals surface area contributed by atoms with Crippen molar-refractivity contribution in [3.05, 3.63) is 92.1 Å². The van der Waals surface area contributed by atoms with Crippen LogP contribution in [0.1, 0.15) is 17.7 Å². The molecule has 0 amide bonds. The number of rotatable bonds is 5. The van der Waals surface area contributed by atoms with E-state index in [1.165, 1.54) is 29.2 Å². The van der Waals surface area contributed by atoms with Gasteiger partial charge in [-0.3, -0.25) is 19.5 Å². The topological polar surface area (TPSA) is 78.0 Å². The van der Waals surface area contributed by atoms with E-state index in [1.807, 2.05) is 48.7 Å². The van der Waals surface area contributed by atoms with Crippen molar-refractivity contribution in [3.8, 4) is 5.69 Å². The van der Waals surface area contributed by atoms with Crippen molar-refractivity contribution >= 4 is 39.0 Å². The molecular weight excluding hydrogens is 394 g/mol. The largest absolute Gasteiger partial charge is 0.269 e. The molecule has 2 aromatic carbocycles. The fourth-order valence-corrected chi connectivity index (χ4v) is 4.74. The van der Waals surface area contributed by atoms with E-state index in [0.29, 0.717) is 15.4 Å². The third kappa shape index (κ3) is 3.44. The molecule has 2 heterocycles. The lowest BCUT2D eigenvalue weighted by molar-refractivity contribution is -0.384. The van der Waals surface area contributed by atoms with Crippen LogP contribution >= 0.6 is 23.1 Å². The fraction of sp³-hybridized carbons (Fsp3) is 0.100. The minimum Gasteiger partial charge on any atom is -0.268 e. The summed E-state index contributed by atoms with van der Waals surface area (Å²) in [7, 11) is 0. The lowest BCUT2D eigenvalue weighted by Gasteiger charge is -2.16. The Kier molecular flexibility index (Phi) is 4.97. The third-order valence-corrected chi connectivity index (χ3v) is 6.23. The van der Waals surface area contributed by atoms with Gasteiger partial charge in [-0.25, -0.2) is 4.98 Å². The third-order valence-electron chi connectivity index (χ3n) is 4.31. The highest BCUT2D eigenvalue weighted by atomic mass is 32.2. The Hall–Kier alpha value is -2.97. The number of benzene rings is 2. The van der Waals surface area contributed by atoms with Gasteiger partial charge in [0, 0.05) is 17.4 Å². The molecule has 0 unspecified atom stereocenters. The Bertz CT molecular complexity index is 1220. The number of non-ortho nitro benzene ring substituents is 1. The summed E-state index contributed by atoms with van der Waals surface area (Å²) in [5.74, 6) is 0. The molecule has 0 saturated carbocycles. The van der Waals surface area contributed by atoms with E-state index in [9.17, 15) is 14.9 Å². The number of nitro benzene ring substituents is 1. The minimum absolute atomic E-state index is 0.0482. The highest BCUT2D eigenvalue weighted by Gasteiger charge is 2.18. The molecule has 0 spiro atoms. The number of hydrogen-bond donors (Lipinski definition) is 0. The maximum atomic E-state index is 13.1. The molecule has 140 valence electrons. The predicted octanol–water partition coefficient (Wildman–Crippen LogP) is 5.21. The zero-order valence-electron chi connectivity index (χ0n) is 14.8. The smallest absolute Gasteiger partial charge is 0.268 e. The summed E-state index contributed by atoms with van der Waals surface area (Å²) < 4.78 is 1.60. The maximum absolute atomic E-state index is 13.1. The fourth-order valence-electron chi connectivity index (χ4n) is 2.90. The van der Waals surface area contributed by atoms with Gasteiger partial charge in [-0.15, -0.1) is 11.3 Å². The summed E-state index contributed by atoms with van der Waals surface area (Å²) in [4.78, 5) is 29.2. The summed E-state index contributed by atoms with van der Waals surface area (Å²) in [5.41, 5.74) is 1.47. The Balaban J connectivity index is 1.81. The number of aromatic nitrogens is 2. The van der Waals surface area contributed by atoms with Crippen LogP contribution < -0.4 is 5.56 Å². The summed E-state index contributed by atoms with van der Waals surface area (Å²) in [6.07, 6.45) is 0. The van der Waals surface area contributed by atoms with Crippen molar-refractivity contribution in [1.29, 1.82) is 0 Å². The van der Waals surface area contributed by atoms with Gasteiger partial charge in [0.05, 0.1) is 16.0 Å². The first-order valence-corrected chi connectivity index (χ1v) is 10.3. The normalized spacial score (nSPS) is 12.2. The van der Waals surface area contributed by atoms with Crippen LogP contribution in [-0.2, 0) is 0 Å². The van der Waals surface area contributed by atoms with E-state index >= 15 is 0 Å². The minimum atomic E-state index is -0.406. The van der Waals surface area contributed by atoms with Gasteiger partial charge in [-0.1, -0.05) is 42.1 Å². The van der Waals surface area contributed by atoms with Crippen molar-refractivity contribution in [2.24, 2.45) is 0 Å². The first kappa shape index (κ1) is 18.4. The molecule has 0 fully saturated rings. The van der Waals surface area contributed by atoms with Gasteiger partial charge in [0.15, 0.2) is 5.16 Å². The van der Waals surface area contributed by atoms with Gasteiger partial charge in [-0.05, 0) is 36.1 Å². The van der Waals surface area contributed by atoms with E-state index in [0.717, 1.165) is 11.3 Å². The number of nitro groups is 1. The lowest BCUT2D eigenvalue weighted by Crippen LogP contribution is -2.21. The molecule has 0 aliphatic heterocycles. The number of thiophene rings is 1. The predicted molar refractivity (Wildman–Crippen MR) is 113 cm³/mol. The quantitative estimate of drug-likeness (QED) is 0.196. The number of thioether (sulfide) groups is 1. The van der Waals surface area contributed by atoms with E-state index < -0.39 is 4.92 Å². The number of fused-ring (bicyclic) bond motifs is 1. The Morgan fingerprint density at radius 3 is 2.68 bits per heavy atom. The average Bonchev–Trinajstić information content (AvgIpc) is 3.18. The first-order chi connectivity index (χ1) is 13.5. The van der Waals surface area contributed by atoms with Crippen molar-refractivity contribution in [3.63, 3.8) is 0 Å². The Labute approximate surface area is 168 Å². The number of hydrogen-bond acceptors (Lipinski definition) is 6. The zero-order chi connectivity index (χ0) is 19.7. The van der Waals surface area contributed by atoms with Gasteiger partial charge in [-0.2, -0.15) is 0 Å². The van der Waals surface area contributed by atoms with Crippen LogP contribution in [0.4, 0.5) is 5.69 Å². The van der Waals surface area contributed by atoms with Crippen LogP contribution in [-0.4, -0.2) is 14.5 Å². The Morgan fingerprint density at radius 2 is 1.93 bits per heavy atom. The molecule has 4 rings (SSSR count). The molecule has 0 aliphatic rings. The molecule has 0 saturated heterocycles. The second kappa shape index (κ2) is 7.57.